The van der Waals surface area contributed by atoms with E-state index in [1.165, 1.54) is 28.6 Å². The number of nitrogens with one attached hydrogen (secondary N) is 2. The number of sulfonamides is 1. The van der Waals surface area contributed by atoms with E-state index in [4.69, 9.17) is 0 Å². The number of nitrogens with zero attached hydrogens (tertiary/aromatic N) is 1. The van der Waals surface area contributed by atoms with Gasteiger partial charge in [0.2, 0.25) is 15.9 Å². The smallest absolute Gasteiger partial charge is 0.251 e. The first-order valence-electron chi connectivity index (χ1n) is 11.4. The molecule has 3 rings (SSSR count). The van der Waals surface area contributed by atoms with Crippen LogP contribution < -0.4 is 10.6 Å². The van der Waals surface area contributed by atoms with Gasteiger partial charge in [-0.15, -0.1) is 0 Å². The molecule has 3 aromatic carbocycles. The molecule has 180 valence electrons. The van der Waals surface area contributed by atoms with Crippen LogP contribution in [0, 0.1) is 5.92 Å². The van der Waals surface area contributed by atoms with E-state index >= 15 is 0 Å². The molecule has 0 radical (unpaired) electrons. The van der Waals surface area contributed by atoms with Crippen LogP contribution in [0.5, 0.6) is 0 Å². The lowest BCUT2D eigenvalue weighted by atomic mass is 10.0. The third kappa shape index (κ3) is 5.63. The summed E-state index contributed by atoms with van der Waals surface area (Å²) in [6, 6.07) is 18.6. The zero-order chi connectivity index (χ0) is 24.9. The Hall–Kier alpha value is -3.23. The van der Waals surface area contributed by atoms with Gasteiger partial charge in [0.05, 0.1) is 4.90 Å². The van der Waals surface area contributed by atoms with E-state index in [1.54, 1.807) is 13.8 Å². The fraction of sp³-hybridized carbons (Fsp3) is 0.308. The Morgan fingerprint density at radius 3 is 2.21 bits per heavy atom. The van der Waals surface area contributed by atoms with Gasteiger partial charge < -0.3 is 10.6 Å². The Balaban J connectivity index is 1.78. The van der Waals surface area contributed by atoms with Crippen LogP contribution in [0.15, 0.2) is 71.6 Å². The molecule has 8 heteroatoms. The fourth-order valence-corrected chi connectivity index (χ4v) is 5.26. The van der Waals surface area contributed by atoms with Gasteiger partial charge in [0.25, 0.3) is 5.91 Å². The summed E-state index contributed by atoms with van der Waals surface area (Å²) in [5.41, 5.74) is 0.813. The Morgan fingerprint density at radius 1 is 0.882 bits per heavy atom. The normalized spacial score (nSPS) is 12.6. The predicted octanol–water partition coefficient (Wildman–Crippen LogP) is 4.26. The van der Waals surface area contributed by atoms with Gasteiger partial charge in [-0.1, -0.05) is 64.1 Å². The Labute approximate surface area is 201 Å². The van der Waals surface area contributed by atoms with Gasteiger partial charge in [-0.3, -0.25) is 9.59 Å². The van der Waals surface area contributed by atoms with E-state index in [9.17, 15) is 18.0 Å². The maximum atomic E-state index is 13.0. The molecular formula is C26H31N3O4S. The van der Waals surface area contributed by atoms with Gasteiger partial charge in [-0.25, -0.2) is 8.42 Å². The highest BCUT2D eigenvalue weighted by molar-refractivity contribution is 7.89. The lowest BCUT2D eigenvalue weighted by molar-refractivity contribution is -0.118. The fourth-order valence-electron chi connectivity index (χ4n) is 3.76. The van der Waals surface area contributed by atoms with Crippen molar-refractivity contribution in [2.45, 2.75) is 38.6 Å². The number of fused-ring (bicyclic) bond motifs is 1. The van der Waals surface area contributed by atoms with Gasteiger partial charge in [0.15, 0.2) is 0 Å². The van der Waals surface area contributed by atoms with Crippen molar-refractivity contribution in [3.63, 3.8) is 0 Å². The summed E-state index contributed by atoms with van der Waals surface area (Å²) in [4.78, 5) is 26.0. The zero-order valence-electron chi connectivity index (χ0n) is 19.9. The Kier molecular flexibility index (Phi) is 8.06. The molecule has 34 heavy (non-hydrogen) atoms. The molecule has 0 fully saturated rings. The Bertz CT molecular complexity index is 1280. The van der Waals surface area contributed by atoms with E-state index in [0.717, 1.165) is 10.8 Å². The summed E-state index contributed by atoms with van der Waals surface area (Å²) < 4.78 is 27.0. The molecule has 0 heterocycles. The molecule has 0 aromatic heterocycles. The van der Waals surface area contributed by atoms with E-state index in [-0.39, 0.29) is 22.3 Å². The molecule has 0 aliphatic rings. The van der Waals surface area contributed by atoms with E-state index < -0.39 is 22.0 Å². The molecule has 3 aromatic rings. The molecule has 0 unspecified atom stereocenters. The van der Waals surface area contributed by atoms with Crippen LogP contribution in [0.1, 0.15) is 38.1 Å². The predicted molar refractivity (Wildman–Crippen MR) is 135 cm³/mol. The molecule has 0 aliphatic heterocycles. The monoisotopic (exact) mass is 481 g/mol. The molecule has 7 nitrogen and oxygen atoms in total. The number of hydrogen-bond donors (Lipinski definition) is 2. The topological polar surface area (TPSA) is 95.6 Å². The van der Waals surface area contributed by atoms with Crippen molar-refractivity contribution in [3.05, 3.63) is 72.3 Å². The first-order valence-corrected chi connectivity index (χ1v) is 12.8. The SMILES string of the molecule is CCN(CC)S(=O)(=O)c1cccc(C(=O)N[C@@H](C(=O)Nc2ccc3ccccc3c2)C(C)C)c1. The van der Waals surface area contributed by atoms with Crippen molar-refractivity contribution >= 4 is 38.3 Å². The van der Waals surface area contributed by atoms with E-state index in [0.29, 0.717) is 18.8 Å². The number of carbonyl (C=O) groups excluding carboxylic acids is 2. The third-order valence-corrected chi connectivity index (χ3v) is 7.74. The van der Waals surface area contributed by atoms with Crippen LogP contribution in [0.2, 0.25) is 0 Å². The van der Waals surface area contributed by atoms with Crippen LogP contribution in [0.3, 0.4) is 0 Å². The second-order valence-corrected chi connectivity index (χ2v) is 10.3. The number of benzene rings is 3. The van der Waals surface area contributed by atoms with Crippen molar-refractivity contribution in [2.24, 2.45) is 5.92 Å². The molecule has 1 atom stereocenters. The summed E-state index contributed by atoms with van der Waals surface area (Å²) in [5, 5.41) is 7.71. The lowest BCUT2D eigenvalue weighted by Gasteiger charge is -2.22. The average Bonchev–Trinajstić information content (AvgIpc) is 2.82. The van der Waals surface area contributed by atoms with Gasteiger partial charge >= 0.3 is 0 Å². The second-order valence-electron chi connectivity index (χ2n) is 8.36. The van der Waals surface area contributed by atoms with Crippen LogP contribution >= 0.6 is 0 Å². The summed E-state index contributed by atoms with van der Waals surface area (Å²) in [5.74, 6) is -1.04. The molecule has 0 saturated carbocycles. The second kappa shape index (κ2) is 10.8. The van der Waals surface area contributed by atoms with Crippen molar-refractivity contribution in [1.29, 1.82) is 0 Å². The van der Waals surface area contributed by atoms with Gasteiger partial charge in [0, 0.05) is 24.3 Å². The highest BCUT2D eigenvalue weighted by atomic mass is 32.2. The van der Waals surface area contributed by atoms with E-state index in [2.05, 4.69) is 10.6 Å². The maximum absolute atomic E-state index is 13.0. The average molecular weight is 482 g/mol. The van der Waals surface area contributed by atoms with Crippen molar-refractivity contribution in [2.75, 3.05) is 18.4 Å². The Morgan fingerprint density at radius 2 is 1.56 bits per heavy atom. The molecule has 0 saturated heterocycles. The number of anilines is 1. The number of amides is 2. The van der Waals surface area contributed by atoms with Gasteiger partial charge in [-0.05, 0) is 47.0 Å². The van der Waals surface area contributed by atoms with Crippen LogP contribution in [0.4, 0.5) is 5.69 Å². The zero-order valence-corrected chi connectivity index (χ0v) is 20.7. The van der Waals surface area contributed by atoms with Crippen molar-refractivity contribution in [1.82, 2.24) is 9.62 Å². The summed E-state index contributed by atoms with van der Waals surface area (Å²) >= 11 is 0. The lowest BCUT2D eigenvalue weighted by Crippen LogP contribution is -2.47. The largest absolute Gasteiger partial charge is 0.340 e. The van der Waals surface area contributed by atoms with Crippen LogP contribution in [0.25, 0.3) is 10.8 Å². The maximum Gasteiger partial charge on any atom is 0.251 e. The summed E-state index contributed by atoms with van der Waals surface area (Å²) in [7, 11) is -3.70. The van der Waals surface area contributed by atoms with Gasteiger partial charge in [-0.2, -0.15) is 4.31 Å². The highest BCUT2D eigenvalue weighted by Crippen LogP contribution is 2.20. The third-order valence-electron chi connectivity index (χ3n) is 5.69. The molecule has 0 spiro atoms. The minimum absolute atomic E-state index is 0.0468. The van der Waals surface area contributed by atoms with Crippen molar-refractivity contribution < 1.29 is 18.0 Å². The summed E-state index contributed by atoms with van der Waals surface area (Å²) in [6.45, 7) is 7.87. The minimum Gasteiger partial charge on any atom is -0.340 e. The highest BCUT2D eigenvalue weighted by Gasteiger charge is 2.26. The standard InChI is InChI=1S/C26H31N3O4S/c1-5-29(6-2)34(32,33)23-13-9-12-21(17-23)25(30)28-24(18(3)4)26(31)27-22-15-14-19-10-7-8-11-20(19)16-22/h7-18,24H,5-6H2,1-4H3,(H,27,31)(H,28,30)/t24-/m1/s1. The number of rotatable bonds is 9. The molecule has 2 amide bonds. The minimum atomic E-state index is -3.70. The first-order chi connectivity index (χ1) is 16.2. The van der Waals surface area contributed by atoms with Crippen LogP contribution in [-0.4, -0.2) is 43.7 Å². The quantitative estimate of drug-likeness (QED) is 0.477. The van der Waals surface area contributed by atoms with Gasteiger partial charge in [0.1, 0.15) is 6.04 Å². The number of hydrogen-bond acceptors (Lipinski definition) is 4. The van der Waals surface area contributed by atoms with Crippen LogP contribution in [-0.2, 0) is 14.8 Å². The molecule has 2 N–H and O–H groups in total. The van der Waals surface area contributed by atoms with E-state index in [1.807, 2.05) is 56.3 Å². The molecule has 0 aliphatic carbocycles. The number of carbonyl (C=O) groups is 2. The summed E-state index contributed by atoms with van der Waals surface area (Å²) in [6.07, 6.45) is 0. The van der Waals surface area contributed by atoms with Crippen molar-refractivity contribution in [3.8, 4) is 0 Å². The molecule has 0 bridgehead atoms. The first kappa shape index (κ1) is 25.4. The molecular weight excluding hydrogens is 450 g/mol.